The third-order valence-corrected chi connectivity index (χ3v) is 3.56. The van der Waals surface area contributed by atoms with Gasteiger partial charge in [-0.1, -0.05) is 6.42 Å². The van der Waals surface area contributed by atoms with Crippen molar-refractivity contribution in [3.05, 3.63) is 12.2 Å². The molecule has 0 radical (unpaired) electrons. The average Bonchev–Trinajstić information content (AvgIpc) is 2.86. The number of nitrogens with zero attached hydrogens (tertiary/aromatic N) is 4. The van der Waals surface area contributed by atoms with E-state index in [0.717, 1.165) is 38.3 Å². The zero-order valence-corrected chi connectivity index (χ0v) is 9.80. The molecule has 1 atom stereocenters. The Morgan fingerprint density at radius 2 is 2.35 bits per heavy atom. The molecule has 0 aromatic carbocycles. The molecule has 0 aliphatic carbocycles. The number of fused-ring (bicyclic) bond motifs is 1. The van der Waals surface area contributed by atoms with Crippen LogP contribution in [0, 0.1) is 0 Å². The number of carbonyl (C=O) groups excluding carboxylic acids is 1. The van der Waals surface area contributed by atoms with Gasteiger partial charge in [0, 0.05) is 13.1 Å². The highest BCUT2D eigenvalue weighted by Gasteiger charge is 2.28. The van der Waals surface area contributed by atoms with Crippen molar-refractivity contribution in [1.82, 2.24) is 25.0 Å². The van der Waals surface area contributed by atoms with Gasteiger partial charge in [0.05, 0.1) is 12.6 Å². The Hall–Kier alpha value is -1.43. The number of piperidine rings is 1. The van der Waals surface area contributed by atoms with Gasteiger partial charge < -0.3 is 14.8 Å². The summed E-state index contributed by atoms with van der Waals surface area (Å²) in [7, 11) is 0. The van der Waals surface area contributed by atoms with Crippen LogP contribution in [-0.2, 0) is 17.9 Å². The molecule has 3 heterocycles. The fourth-order valence-corrected chi connectivity index (χ4v) is 2.54. The summed E-state index contributed by atoms with van der Waals surface area (Å²) in [5.41, 5.74) is 0. The SMILES string of the molecule is O=C(C1CCCCN1)N1CCn2cnnc2C1. The van der Waals surface area contributed by atoms with E-state index in [4.69, 9.17) is 0 Å². The molecule has 3 rings (SSSR count). The van der Waals surface area contributed by atoms with Crippen molar-refractivity contribution in [3.8, 4) is 0 Å². The highest BCUT2D eigenvalue weighted by Crippen LogP contribution is 2.14. The lowest BCUT2D eigenvalue weighted by atomic mass is 10.0. The molecule has 1 N–H and O–H groups in total. The molecule has 6 nitrogen and oxygen atoms in total. The predicted molar refractivity (Wildman–Crippen MR) is 61.1 cm³/mol. The van der Waals surface area contributed by atoms with Gasteiger partial charge in [-0.2, -0.15) is 0 Å². The highest BCUT2D eigenvalue weighted by molar-refractivity contribution is 5.82. The molecular weight excluding hydrogens is 218 g/mol. The molecule has 0 bridgehead atoms. The second kappa shape index (κ2) is 4.44. The fraction of sp³-hybridized carbons (Fsp3) is 0.727. The Kier molecular flexibility index (Phi) is 2.80. The lowest BCUT2D eigenvalue weighted by molar-refractivity contribution is -0.135. The Morgan fingerprint density at radius 1 is 1.41 bits per heavy atom. The first kappa shape index (κ1) is 10.7. The first-order valence-electron chi connectivity index (χ1n) is 6.23. The summed E-state index contributed by atoms with van der Waals surface area (Å²) < 4.78 is 2.01. The highest BCUT2D eigenvalue weighted by atomic mass is 16.2. The minimum absolute atomic E-state index is 0.0122. The number of amides is 1. The van der Waals surface area contributed by atoms with Gasteiger partial charge in [0.1, 0.15) is 6.33 Å². The Balaban J connectivity index is 1.67. The first-order chi connectivity index (χ1) is 8.34. The lowest BCUT2D eigenvalue weighted by Crippen LogP contribution is -2.50. The van der Waals surface area contributed by atoms with Crippen LogP contribution in [0.1, 0.15) is 25.1 Å². The van der Waals surface area contributed by atoms with Crippen LogP contribution in [-0.4, -0.2) is 44.7 Å². The fourth-order valence-electron chi connectivity index (χ4n) is 2.54. The number of carbonyl (C=O) groups is 1. The molecule has 1 fully saturated rings. The molecule has 92 valence electrons. The maximum absolute atomic E-state index is 12.3. The van der Waals surface area contributed by atoms with Crippen molar-refractivity contribution < 1.29 is 4.79 Å². The second-order valence-corrected chi connectivity index (χ2v) is 4.70. The van der Waals surface area contributed by atoms with Gasteiger partial charge in [-0.05, 0) is 19.4 Å². The van der Waals surface area contributed by atoms with Crippen molar-refractivity contribution in [2.75, 3.05) is 13.1 Å². The molecule has 2 aliphatic heterocycles. The summed E-state index contributed by atoms with van der Waals surface area (Å²) in [6.07, 6.45) is 5.02. The van der Waals surface area contributed by atoms with E-state index >= 15 is 0 Å². The molecule has 17 heavy (non-hydrogen) atoms. The Bertz CT molecular complexity index is 410. The van der Waals surface area contributed by atoms with E-state index < -0.39 is 0 Å². The normalized spacial score (nSPS) is 24.5. The van der Waals surface area contributed by atoms with Gasteiger partial charge in [-0.3, -0.25) is 4.79 Å². The molecule has 1 unspecified atom stereocenters. The topological polar surface area (TPSA) is 63.1 Å². The minimum Gasteiger partial charge on any atom is -0.332 e. The summed E-state index contributed by atoms with van der Waals surface area (Å²) in [6.45, 7) is 3.13. The van der Waals surface area contributed by atoms with Crippen LogP contribution < -0.4 is 5.32 Å². The minimum atomic E-state index is 0.0122. The van der Waals surface area contributed by atoms with Crippen LogP contribution in [0.4, 0.5) is 0 Å². The molecule has 6 heteroatoms. The third kappa shape index (κ3) is 2.04. The number of rotatable bonds is 1. The van der Waals surface area contributed by atoms with Gasteiger partial charge in [-0.25, -0.2) is 0 Å². The summed E-state index contributed by atoms with van der Waals surface area (Å²) in [4.78, 5) is 14.2. The largest absolute Gasteiger partial charge is 0.332 e. The summed E-state index contributed by atoms with van der Waals surface area (Å²) in [5, 5.41) is 11.2. The van der Waals surface area contributed by atoms with Crippen LogP contribution in [0.5, 0.6) is 0 Å². The second-order valence-electron chi connectivity index (χ2n) is 4.70. The van der Waals surface area contributed by atoms with Crippen LogP contribution in [0.15, 0.2) is 6.33 Å². The van der Waals surface area contributed by atoms with Crippen molar-refractivity contribution >= 4 is 5.91 Å². The van der Waals surface area contributed by atoms with E-state index in [-0.39, 0.29) is 11.9 Å². The van der Waals surface area contributed by atoms with Crippen LogP contribution in [0.25, 0.3) is 0 Å². The average molecular weight is 235 g/mol. The molecule has 0 spiro atoms. The number of aromatic nitrogens is 3. The van der Waals surface area contributed by atoms with Crippen LogP contribution >= 0.6 is 0 Å². The van der Waals surface area contributed by atoms with E-state index in [1.807, 2.05) is 9.47 Å². The van der Waals surface area contributed by atoms with Crippen molar-refractivity contribution in [2.45, 2.75) is 38.4 Å². The molecule has 2 aliphatic rings. The summed E-state index contributed by atoms with van der Waals surface area (Å²) in [6, 6.07) is 0.0122. The lowest BCUT2D eigenvalue weighted by Gasteiger charge is -2.32. The van der Waals surface area contributed by atoms with Crippen molar-refractivity contribution in [3.63, 3.8) is 0 Å². The van der Waals surface area contributed by atoms with Gasteiger partial charge in [-0.15, -0.1) is 10.2 Å². The molecular formula is C11H17N5O. The third-order valence-electron chi connectivity index (χ3n) is 3.56. The van der Waals surface area contributed by atoms with E-state index in [2.05, 4.69) is 15.5 Å². The predicted octanol–water partition coefficient (Wildman–Crippen LogP) is -0.238. The van der Waals surface area contributed by atoms with Gasteiger partial charge >= 0.3 is 0 Å². The monoisotopic (exact) mass is 235 g/mol. The van der Waals surface area contributed by atoms with E-state index in [1.54, 1.807) is 6.33 Å². The maximum atomic E-state index is 12.3. The summed E-state index contributed by atoms with van der Waals surface area (Å²) in [5.74, 6) is 1.11. The maximum Gasteiger partial charge on any atom is 0.240 e. The molecule has 1 aromatic rings. The van der Waals surface area contributed by atoms with Gasteiger partial charge in [0.15, 0.2) is 5.82 Å². The van der Waals surface area contributed by atoms with Gasteiger partial charge in [0.2, 0.25) is 5.91 Å². The van der Waals surface area contributed by atoms with E-state index in [0.29, 0.717) is 6.54 Å². The smallest absolute Gasteiger partial charge is 0.240 e. The molecule has 0 saturated carbocycles. The molecule has 1 amide bonds. The quantitative estimate of drug-likeness (QED) is 0.730. The zero-order valence-electron chi connectivity index (χ0n) is 9.80. The van der Waals surface area contributed by atoms with E-state index in [9.17, 15) is 4.79 Å². The van der Waals surface area contributed by atoms with Gasteiger partial charge in [0.25, 0.3) is 0 Å². The molecule has 1 saturated heterocycles. The van der Waals surface area contributed by atoms with E-state index in [1.165, 1.54) is 6.42 Å². The number of hydrogen-bond acceptors (Lipinski definition) is 4. The first-order valence-corrected chi connectivity index (χ1v) is 6.23. The van der Waals surface area contributed by atoms with Crippen LogP contribution in [0.3, 0.4) is 0 Å². The number of hydrogen-bond donors (Lipinski definition) is 1. The Morgan fingerprint density at radius 3 is 3.18 bits per heavy atom. The standard InChI is InChI=1S/C11H17N5O/c17-11(9-3-1-2-4-12-9)15-5-6-16-8-13-14-10(16)7-15/h8-9,12H,1-7H2. The molecule has 1 aromatic heterocycles. The van der Waals surface area contributed by atoms with Crippen molar-refractivity contribution in [1.29, 1.82) is 0 Å². The zero-order chi connectivity index (χ0) is 11.7. The Labute approximate surface area is 100 Å². The van der Waals surface area contributed by atoms with Crippen LogP contribution in [0.2, 0.25) is 0 Å². The van der Waals surface area contributed by atoms with Crippen molar-refractivity contribution in [2.24, 2.45) is 0 Å². The summed E-state index contributed by atoms with van der Waals surface area (Å²) >= 11 is 0. The number of nitrogens with one attached hydrogen (secondary N) is 1.